The van der Waals surface area contributed by atoms with E-state index in [1.165, 1.54) is 5.56 Å². The maximum atomic E-state index is 8.85. The molecule has 0 amide bonds. The van der Waals surface area contributed by atoms with E-state index in [1.54, 1.807) is 0 Å². The van der Waals surface area contributed by atoms with Crippen molar-refractivity contribution in [2.45, 2.75) is 18.1 Å². The second-order valence-electron chi connectivity index (χ2n) is 3.50. The van der Waals surface area contributed by atoms with E-state index in [4.69, 9.17) is 9.52 Å². The van der Waals surface area contributed by atoms with Gasteiger partial charge in [-0.1, -0.05) is 30.3 Å². The van der Waals surface area contributed by atoms with Crippen LogP contribution in [0.3, 0.4) is 0 Å². The molecule has 84 valence electrons. The van der Waals surface area contributed by atoms with Crippen LogP contribution >= 0.6 is 11.8 Å². The van der Waals surface area contributed by atoms with Gasteiger partial charge in [-0.3, -0.25) is 0 Å². The van der Waals surface area contributed by atoms with Gasteiger partial charge >= 0.3 is 0 Å². The van der Waals surface area contributed by atoms with E-state index in [2.05, 4.69) is 12.1 Å². The zero-order valence-corrected chi connectivity index (χ0v) is 9.74. The molecule has 1 N–H and O–H groups in total. The molecular formula is C13H14O2S. The second kappa shape index (κ2) is 5.77. The van der Waals surface area contributed by atoms with E-state index in [-0.39, 0.29) is 6.61 Å². The number of hydrogen-bond donors (Lipinski definition) is 1. The van der Waals surface area contributed by atoms with Gasteiger partial charge in [-0.15, -0.1) is 11.8 Å². The monoisotopic (exact) mass is 234 g/mol. The zero-order chi connectivity index (χ0) is 11.2. The Morgan fingerprint density at radius 3 is 2.38 bits per heavy atom. The topological polar surface area (TPSA) is 33.4 Å². The Labute approximate surface area is 99.3 Å². The molecule has 1 aromatic heterocycles. The fraction of sp³-hybridized carbons (Fsp3) is 0.231. The average molecular weight is 234 g/mol. The van der Waals surface area contributed by atoms with Crippen LogP contribution in [0, 0.1) is 0 Å². The van der Waals surface area contributed by atoms with Crippen molar-refractivity contribution in [2.24, 2.45) is 0 Å². The first-order valence-corrected chi connectivity index (χ1v) is 6.34. The molecule has 0 atom stereocenters. The summed E-state index contributed by atoms with van der Waals surface area (Å²) >= 11 is 1.81. The van der Waals surface area contributed by atoms with Crippen molar-refractivity contribution in [1.29, 1.82) is 0 Å². The molecule has 0 fully saturated rings. The summed E-state index contributed by atoms with van der Waals surface area (Å²) in [6.45, 7) is -0.0245. The summed E-state index contributed by atoms with van der Waals surface area (Å²) < 4.78 is 5.40. The van der Waals surface area contributed by atoms with E-state index >= 15 is 0 Å². The lowest BCUT2D eigenvalue weighted by Gasteiger charge is -1.99. The van der Waals surface area contributed by atoms with Gasteiger partial charge in [0, 0.05) is 5.75 Å². The summed E-state index contributed by atoms with van der Waals surface area (Å²) in [5.74, 6) is 3.38. The molecule has 0 aliphatic carbocycles. The van der Waals surface area contributed by atoms with Gasteiger partial charge in [0.1, 0.15) is 18.1 Å². The van der Waals surface area contributed by atoms with Crippen LogP contribution in [0.25, 0.3) is 0 Å². The van der Waals surface area contributed by atoms with Crippen molar-refractivity contribution in [3.05, 3.63) is 59.5 Å². The third-order valence-electron chi connectivity index (χ3n) is 2.23. The SMILES string of the molecule is OCc1ccc(CSCc2ccccc2)o1. The summed E-state index contributed by atoms with van der Waals surface area (Å²) in [5.41, 5.74) is 1.32. The first-order valence-electron chi connectivity index (χ1n) is 5.18. The molecule has 0 aliphatic heterocycles. The van der Waals surface area contributed by atoms with Crippen molar-refractivity contribution >= 4 is 11.8 Å². The van der Waals surface area contributed by atoms with E-state index in [1.807, 2.05) is 42.1 Å². The molecule has 0 saturated carbocycles. The van der Waals surface area contributed by atoms with Crippen LogP contribution in [0.5, 0.6) is 0 Å². The fourth-order valence-electron chi connectivity index (χ4n) is 1.43. The number of benzene rings is 1. The van der Waals surface area contributed by atoms with Crippen LogP contribution in [0.2, 0.25) is 0 Å². The second-order valence-corrected chi connectivity index (χ2v) is 4.49. The highest BCUT2D eigenvalue weighted by atomic mass is 32.2. The molecule has 2 rings (SSSR count). The lowest BCUT2D eigenvalue weighted by atomic mass is 10.2. The fourth-order valence-corrected chi connectivity index (χ4v) is 2.32. The summed E-state index contributed by atoms with van der Waals surface area (Å²) in [6, 6.07) is 14.1. The normalized spacial score (nSPS) is 10.6. The predicted molar refractivity (Wildman–Crippen MR) is 66.1 cm³/mol. The van der Waals surface area contributed by atoms with Gasteiger partial charge in [0.15, 0.2) is 0 Å². The molecule has 0 spiro atoms. The standard InChI is InChI=1S/C13H14O2S/c14-8-12-6-7-13(15-12)10-16-9-11-4-2-1-3-5-11/h1-7,14H,8-10H2. The number of thioether (sulfide) groups is 1. The van der Waals surface area contributed by atoms with Gasteiger partial charge in [0.2, 0.25) is 0 Å². The predicted octanol–water partition coefficient (Wildman–Crippen LogP) is 3.21. The van der Waals surface area contributed by atoms with Crippen molar-refractivity contribution in [3.63, 3.8) is 0 Å². The maximum Gasteiger partial charge on any atom is 0.129 e. The van der Waals surface area contributed by atoms with Crippen LogP contribution in [-0.4, -0.2) is 5.11 Å². The Kier molecular flexibility index (Phi) is 4.08. The summed E-state index contributed by atoms with van der Waals surface area (Å²) in [5, 5.41) is 8.85. The highest BCUT2D eigenvalue weighted by Crippen LogP contribution is 2.19. The quantitative estimate of drug-likeness (QED) is 0.862. The molecule has 0 unspecified atom stereocenters. The molecule has 3 heteroatoms. The minimum Gasteiger partial charge on any atom is -0.463 e. The van der Waals surface area contributed by atoms with Gasteiger partial charge < -0.3 is 9.52 Å². The Balaban J connectivity index is 1.80. The maximum absolute atomic E-state index is 8.85. The number of rotatable bonds is 5. The minimum absolute atomic E-state index is 0.0245. The van der Waals surface area contributed by atoms with Crippen LogP contribution in [-0.2, 0) is 18.1 Å². The smallest absolute Gasteiger partial charge is 0.129 e. The van der Waals surface area contributed by atoms with Crippen LogP contribution in [0.1, 0.15) is 17.1 Å². The van der Waals surface area contributed by atoms with E-state index in [9.17, 15) is 0 Å². The molecule has 16 heavy (non-hydrogen) atoms. The number of furan rings is 1. The molecule has 0 aliphatic rings. The first-order chi connectivity index (χ1) is 7.88. The molecule has 0 bridgehead atoms. The van der Waals surface area contributed by atoms with Crippen molar-refractivity contribution < 1.29 is 9.52 Å². The van der Waals surface area contributed by atoms with Gasteiger partial charge in [-0.05, 0) is 17.7 Å². The largest absolute Gasteiger partial charge is 0.463 e. The lowest BCUT2D eigenvalue weighted by molar-refractivity contribution is 0.244. The Bertz CT molecular complexity index is 423. The van der Waals surface area contributed by atoms with Gasteiger partial charge in [0.05, 0.1) is 5.75 Å². The first kappa shape index (κ1) is 11.3. The van der Waals surface area contributed by atoms with Gasteiger partial charge in [0.25, 0.3) is 0 Å². The Hall–Kier alpha value is -1.19. The van der Waals surface area contributed by atoms with E-state index < -0.39 is 0 Å². The minimum atomic E-state index is -0.0245. The summed E-state index contributed by atoms with van der Waals surface area (Å²) in [6.07, 6.45) is 0. The summed E-state index contributed by atoms with van der Waals surface area (Å²) in [7, 11) is 0. The number of aliphatic hydroxyl groups excluding tert-OH is 1. The molecule has 1 aromatic carbocycles. The molecule has 0 saturated heterocycles. The highest BCUT2D eigenvalue weighted by Gasteiger charge is 2.01. The molecule has 2 nitrogen and oxygen atoms in total. The van der Waals surface area contributed by atoms with E-state index in [0.29, 0.717) is 5.76 Å². The van der Waals surface area contributed by atoms with Crippen LogP contribution < -0.4 is 0 Å². The molecule has 0 radical (unpaired) electrons. The van der Waals surface area contributed by atoms with Crippen molar-refractivity contribution in [2.75, 3.05) is 0 Å². The van der Waals surface area contributed by atoms with E-state index in [0.717, 1.165) is 17.3 Å². The van der Waals surface area contributed by atoms with Crippen LogP contribution in [0.4, 0.5) is 0 Å². The molecule has 2 aromatic rings. The summed E-state index contributed by atoms with van der Waals surface area (Å²) in [4.78, 5) is 0. The Morgan fingerprint density at radius 1 is 0.938 bits per heavy atom. The highest BCUT2D eigenvalue weighted by molar-refractivity contribution is 7.97. The van der Waals surface area contributed by atoms with Crippen molar-refractivity contribution in [1.82, 2.24) is 0 Å². The Morgan fingerprint density at radius 2 is 1.69 bits per heavy atom. The number of hydrogen-bond acceptors (Lipinski definition) is 3. The third kappa shape index (κ3) is 3.15. The third-order valence-corrected chi connectivity index (χ3v) is 3.26. The number of aliphatic hydroxyl groups is 1. The van der Waals surface area contributed by atoms with Gasteiger partial charge in [-0.2, -0.15) is 0 Å². The average Bonchev–Trinajstić information content (AvgIpc) is 2.78. The molecule has 1 heterocycles. The van der Waals surface area contributed by atoms with Crippen molar-refractivity contribution in [3.8, 4) is 0 Å². The van der Waals surface area contributed by atoms with Gasteiger partial charge in [-0.25, -0.2) is 0 Å². The zero-order valence-electron chi connectivity index (χ0n) is 8.93. The lowest BCUT2D eigenvalue weighted by Crippen LogP contribution is -1.81. The molecular weight excluding hydrogens is 220 g/mol. The van der Waals surface area contributed by atoms with Crippen LogP contribution in [0.15, 0.2) is 46.9 Å².